The van der Waals surface area contributed by atoms with E-state index < -0.39 is 17.4 Å². The molecule has 1 atom stereocenters. The summed E-state index contributed by atoms with van der Waals surface area (Å²) in [5.41, 5.74) is 1.01. The van der Waals surface area contributed by atoms with Crippen LogP contribution in [0.25, 0.3) is 0 Å². The zero-order chi connectivity index (χ0) is 18.5. The monoisotopic (exact) mass is 358 g/mol. The molecular weight excluding hydrogens is 336 g/mol. The molecule has 2 fully saturated rings. The van der Waals surface area contributed by atoms with Gasteiger partial charge in [-0.1, -0.05) is 0 Å². The summed E-state index contributed by atoms with van der Waals surface area (Å²) in [6, 6.07) is 5.51. The number of carboxylic acids is 1. The van der Waals surface area contributed by atoms with Gasteiger partial charge >= 0.3 is 5.97 Å². The molecule has 0 aliphatic carbocycles. The Morgan fingerprint density at radius 1 is 1.27 bits per heavy atom. The molecule has 0 radical (unpaired) electrons. The van der Waals surface area contributed by atoms with Crippen molar-refractivity contribution in [2.24, 2.45) is 5.92 Å². The predicted octanol–water partition coefficient (Wildman–Crippen LogP) is 1.16. The third-order valence-corrected chi connectivity index (χ3v) is 6.22. The quantitative estimate of drug-likeness (QED) is 0.857. The van der Waals surface area contributed by atoms with Crippen LogP contribution in [0.5, 0.6) is 5.75 Å². The van der Waals surface area contributed by atoms with Gasteiger partial charge in [-0.15, -0.1) is 0 Å². The van der Waals surface area contributed by atoms with Crippen LogP contribution in [0.2, 0.25) is 0 Å². The van der Waals surface area contributed by atoms with Crippen molar-refractivity contribution in [1.82, 2.24) is 9.80 Å². The van der Waals surface area contributed by atoms with Gasteiger partial charge in [0.1, 0.15) is 5.75 Å². The number of carbonyl (C=O) groups is 3. The van der Waals surface area contributed by atoms with Crippen molar-refractivity contribution in [2.75, 3.05) is 26.7 Å². The normalized spacial score (nSPS) is 23.9. The van der Waals surface area contributed by atoms with E-state index in [4.69, 9.17) is 4.74 Å². The highest BCUT2D eigenvalue weighted by Gasteiger charge is 2.55. The van der Waals surface area contributed by atoms with E-state index in [1.54, 1.807) is 22.9 Å². The SMILES string of the molecule is CN1C(=O)C[C@H](C(=O)O)C12CCN(C(=O)c1ccc3c(c1)CCO3)CC2. The summed E-state index contributed by atoms with van der Waals surface area (Å²) in [6.45, 7) is 1.55. The van der Waals surface area contributed by atoms with Gasteiger partial charge in [0.05, 0.1) is 18.1 Å². The Labute approximate surface area is 151 Å². The maximum absolute atomic E-state index is 12.9. The van der Waals surface area contributed by atoms with E-state index in [-0.39, 0.29) is 18.2 Å². The van der Waals surface area contributed by atoms with E-state index >= 15 is 0 Å². The Kier molecular flexibility index (Phi) is 3.89. The van der Waals surface area contributed by atoms with Gasteiger partial charge in [0.15, 0.2) is 0 Å². The number of ether oxygens (including phenoxy) is 1. The Bertz CT molecular complexity index is 782. The first kappa shape index (κ1) is 16.9. The number of carboxylic acid groups (broad SMARTS) is 1. The largest absolute Gasteiger partial charge is 0.493 e. The van der Waals surface area contributed by atoms with Crippen LogP contribution in [0.3, 0.4) is 0 Å². The fourth-order valence-electron chi connectivity index (χ4n) is 4.58. The molecule has 4 rings (SSSR count). The number of benzene rings is 1. The number of hydrogen-bond donors (Lipinski definition) is 1. The van der Waals surface area contributed by atoms with Crippen molar-refractivity contribution in [3.05, 3.63) is 29.3 Å². The molecule has 1 N–H and O–H groups in total. The highest BCUT2D eigenvalue weighted by atomic mass is 16.5. The highest BCUT2D eigenvalue weighted by molar-refractivity contribution is 5.95. The van der Waals surface area contributed by atoms with Crippen LogP contribution in [0.15, 0.2) is 18.2 Å². The minimum absolute atomic E-state index is 0.0462. The number of aliphatic carboxylic acids is 1. The molecule has 1 spiro atoms. The number of likely N-dealkylation sites (tertiary alicyclic amines) is 2. The molecule has 2 saturated heterocycles. The number of piperidine rings is 1. The first-order valence-corrected chi connectivity index (χ1v) is 8.97. The van der Waals surface area contributed by atoms with E-state index in [0.717, 1.165) is 17.7 Å². The van der Waals surface area contributed by atoms with Gasteiger partial charge in [0, 0.05) is 38.5 Å². The fraction of sp³-hybridized carbons (Fsp3) is 0.526. The molecule has 0 unspecified atom stereocenters. The van der Waals surface area contributed by atoms with Gasteiger partial charge < -0.3 is 19.6 Å². The van der Waals surface area contributed by atoms with E-state index in [1.165, 1.54) is 0 Å². The van der Waals surface area contributed by atoms with E-state index in [1.807, 2.05) is 12.1 Å². The Balaban J connectivity index is 1.50. The minimum Gasteiger partial charge on any atom is -0.493 e. The van der Waals surface area contributed by atoms with Crippen molar-refractivity contribution in [1.29, 1.82) is 0 Å². The first-order chi connectivity index (χ1) is 12.4. The average molecular weight is 358 g/mol. The maximum atomic E-state index is 12.9. The highest BCUT2D eigenvalue weighted by Crippen LogP contribution is 2.43. The van der Waals surface area contributed by atoms with Gasteiger partial charge in [-0.2, -0.15) is 0 Å². The minimum atomic E-state index is -0.930. The zero-order valence-electron chi connectivity index (χ0n) is 14.7. The summed E-state index contributed by atoms with van der Waals surface area (Å²) in [5, 5.41) is 9.54. The summed E-state index contributed by atoms with van der Waals surface area (Å²) >= 11 is 0. The van der Waals surface area contributed by atoms with Gasteiger partial charge in [0.2, 0.25) is 5.91 Å². The van der Waals surface area contributed by atoms with Gasteiger partial charge in [-0.25, -0.2) is 0 Å². The number of fused-ring (bicyclic) bond motifs is 1. The second-order valence-corrected chi connectivity index (χ2v) is 7.36. The molecule has 3 aliphatic rings. The van der Waals surface area contributed by atoms with Crippen molar-refractivity contribution < 1.29 is 24.2 Å². The topological polar surface area (TPSA) is 87.2 Å². The van der Waals surface area contributed by atoms with Crippen LogP contribution in [-0.4, -0.2) is 65.0 Å². The van der Waals surface area contributed by atoms with Gasteiger partial charge in [-0.3, -0.25) is 14.4 Å². The molecule has 7 heteroatoms. The molecule has 138 valence electrons. The second kappa shape index (κ2) is 6.00. The molecule has 0 saturated carbocycles. The van der Waals surface area contributed by atoms with E-state index in [2.05, 4.69) is 0 Å². The zero-order valence-corrected chi connectivity index (χ0v) is 14.7. The van der Waals surface area contributed by atoms with Crippen LogP contribution in [0.4, 0.5) is 0 Å². The van der Waals surface area contributed by atoms with Crippen LogP contribution in [0.1, 0.15) is 35.2 Å². The lowest BCUT2D eigenvalue weighted by atomic mass is 9.77. The van der Waals surface area contributed by atoms with Crippen molar-refractivity contribution in [2.45, 2.75) is 31.2 Å². The molecular formula is C19H22N2O5. The van der Waals surface area contributed by atoms with Crippen LogP contribution in [-0.2, 0) is 16.0 Å². The second-order valence-electron chi connectivity index (χ2n) is 7.36. The molecule has 0 bridgehead atoms. The number of rotatable bonds is 2. The van der Waals surface area contributed by atoms with E-state index in [0.29, 0.717) is 38.1 Å². The summed E-state index contributed by atoms with van der Waals surface area (Å²) in [7, 11) is 1.68. The first-order valence-electron chi connectivity index (χ1n) is 8.97. The molecule has 3 heterocycles. The standard InChI is InChI=1S/C19H22N2O5/c1-20-16(22)11-14(18(24)25)19(20)5-7-21(8-6-19)17(23)13-2-3-15-12(10-13)4-9-26-15/h2-3,10,14H,4-9,11H2,1H3,(H,24,25)/t14-/m1/s1. The van der Waals surface area contributed by atoms with Crippen molar-refractivity contribution in [3.8, 4) is 5.75 Å². The van der Waals surface area contributed by atoms with Crippen molar-refractivity contribution in [3.63, 3.8) is 0 Å². The van der Waals surface area contributed by atoms with Crippen LogP contribution < -0.4 is 4.74 Å². The molecule has 1 aromatic rings. The predicted molar refractivity (Wildman–Crippen MR) is 92.0 cm³/mol. The number of hydrogen-bond acceptors (Lipinski definition) is 4. The lowest BCUT2D eigenvalue weighted by molar-refractivity contribution is -0.145. The lowest BCUT2D eigenvalue weighted by Gasteiger charge is -2.45. The summed E-state index contributed by atoms with van der Waals surface area (Å²) < 4.78 is 5.48. The summed E-state index contributed by atoms with van der Waals surface area (Å²) in [4.78, 5) is 39.9. The summed E-state index contributed by atoms with van der Waals surface area (Å²) in [6.07, 6.45) is 1.84. The third kappa shape index (κ3) is 2.45. The fourth-order valence-corrected chi connectivity index (χ4v) is 4.58. The maximum Gasteiger partial charge on any atom is 0.309 e. The summed E-state index contributed by atoms with van der Waals surface area (Å²) in [5.74, 6) is -0.964. The molecule has 3 aliphatic heterocycles. The molecule has 26 heavy (non-hydrogen) atoms. The lowest BCUT2D eigenvalue weighted by Crippen LogP contribution is -2.56. The van der Waals surface area contributed by atoms with Crippen LogP contribution >= 0.6 is 0 Å². The van der Waals surface area contributed by atoms with E-state index in [9.17, 15) is 19.5 Å². The van der Waals surface area contributed by atoms with Crippen molar-refractivity contribution >= 4 is 17.8 Å². The van der Waals surface area contributed by atoms with Gasteiger partial charge in [-0.05, 0) is 36.6 Å². The van der Waals surface area contributed by atoms with Crippen LogP contribution in [0, 0.1) is 5.92 Å². The number of nitrogens with zero attached hydrogens (tertiary/aromatic N) is 2. The Hall–Kier alpha value is -2.57. The Morgan fingerprint density at radius 2 is 2.00 bits per heavy atom. The number of carbonyl (C=O) groups excluding carboxylic acids is 2. The molecule has 0 aromatic heterocycles. The molecule has 7 nitrogen and oxygen atoms in total. The number of amides is 2. The molecule has 2 amide bonds. The smallest absolute Gasteiger partial charge is 0.309 e. The average Bonchev–Trinajstić information content (AvgIpc) is 3.20. The Morgan fingerprint density at radius 3 is 2.69 bits per heavy atom. The third-order valence-electron chi connectivity index (χ3n) is 6.22. The molecule has 1 aromatic carbocycles. The van der Waals surface area contributed by atoms with Gasteiger partial charge in [0.25, 0.3) is 5.91 Å².